The van der Waals surface area contributed by atoms with Crippen molar-refractivity contribution >= 4 is 16.6 Å². The van der Waals surface area contributed by atoms with Gasteiger partial charge >= 0.3 is 0 Å². The van der Waals surface area contributed by atoms with Crippen molar-refractivity contribution in [3.05, 3.63) is 47.7 Å². The number of aryl methyl sites for hydroxylation is 2. The lowest BCUT2D eigenvalue weighted by Gasteiger charge is -2.05. The minimum absolute atomic E-state index is 0.299. The van der Waals surface area contributed by atoms with Crippen molar-refractivity contribution < 1.29 is 4.39 Å². The van der Waals surface area contributed by atoms with Gasteiger partial charge < -0.3 is 5.32 Å². The fourth-order valence-corrected chi connectivity index (χ4v) is 4.58. The molecule has 1 N–H and O–H groups in total. The molecule has 0 bridgehead atoms. The first-order valence-corrected chi connectivity index (χ1v) is 9.31. The van der Waals surface area contributed by atoms with Gasteiger partial charge in [0.2, 0.25) is 0 Å². The molecule has 3 aromatic heterocycles. The van der Waals surface area contributed by atoms with Gasteiger partial charge in [0.15, 0.2) is 11.5 Å². The highest BCUT2D eigenvalue weighted by atomic mass is 19.1. The van der Waals surface area contributed by atoms with Gasteiger partial charge in [-0.15, -0.1) is 0 Å². The Bertz CT molecular complexity index is 1210. The Kier molecular flexibility index (Phi) is 2.90. The predicted octanol–water partition coefficient (Wildman–Crippen LogP) is 2.89. The van der Waals surface area contributed by atoms with Crippen molar-refractivity contribution in [2.45, 2.75) is 19.9 Å². The third kappa shape index (κ3) is 2.18. The summed E-state index contributed by atoms with van der Waals surface area (Å²) in [6.07, 6.45) is 3.87. The van der Waals surface area contributed by atoms with E-state index in [1.165, 1.54) is 6.07 Å². The van der Waals surface area contributed by atoms with Crippen LogP contribution in [0.4, 0.5) is 4.39 Å². The van der Waals surface area contributed by atoms with Crippen LogP contribution in [0.5, 0.6) is 0 Å². The van der Waals surface area contributed by atoms with E-state index in [2.05, 4.69) is 20.5 Å². The predicted molar refractivity (Wildman–Crippen MR) is 100 cm³/mol. The van der Waals surface area contributed by atoms with Crippen LogP contribution in [-0.4, -0.2) is 37.5 Å². The SMILES string of the molecule is Cc1cn2nc(-c3cc(F)c4nn(C5[C@H]6CNC[C@@H]56)cc4c3)cc(C)c2n1. The third-order valence-corrected chi connectivity index (χ3v) is 5.96. The maximum Gasteiger partial charge on any atom is 0.156 e. The maximum absolute atomic E-state index is 14.8. The molecule has 1 aliphatic carbocycles. The first-order chi connectivity index (χ1) is 13.1. The van der Waals surface area contributed by atoms with E-state index in [1.807, 2.05) is 43.1 Å². The molecule has 27 heavy (non-hydrogen) atoms. The summed E-state index contributed by atoms with van der Waals surface area (Å²) < 4.78 is 18.5. The zero-order chi connectivity index (χ0) is 18.3. The van der Waals surface area contributed by atoms with E-state index < -0.39 is 0 Å². The van der Waals surface area contributed by atoms with Gasteiger partial charge in [-0.05, 0) is 37.6 Å². The Morgan fingerprint density at radius 3 is 2.70 bits per heavy atom. The average molecular weight is 362 g/mol. The molecule has 1 aliphatic heterocycles. The van der Waals surface area contributed by atoms with Crippen LogP contribution in [0.15, 0.2) is 30.6 Å². The normalized spacial score (nSPS) is 24.0. The summed E-state index contributed by atoms with van der Waals surface area (Å²) in [5.41, 5.74) is 4.69. The summed E-state index contributed by atoms with van der Waals surface area (Å²) in [5.74, 6) is 0.975. The molecule has 0 radical (unpaired) electrons. The molecule has 1 aromatic carbocycles. The number of fused-ring (bicyclic) bond motifs is 3. The van der Waals surface area contributed by atoms with Crippen LogP contribution in [0.2, 0.25) is 0 Å². The molecule has 7 heteroatoms. The zero-order valence-electron chi connectivity index (χ0n) is 15.1. The number of aromatic nitrogens is 5. The Hall–Kier alpha value is -2.80. The molecule has 0 spiro atoms. The third-order valence-electron chi connectivity index (χ3n) is 5.96. The van der Waals surface area contributed by atoms with Crippen LogP contribution in [0.3, 0.4) is 0 Å². The molecule has 1 saturated heterocycles. The maximum atomic E-state index is 14.8. The number of rotatable bonds is 2. The molecule has 1 unspecified atom stereocenters. The topological polar surface area (TPSA) is 60.0 Å². The fourth-order valence-electron chi connectivity index (χ4n) is 4.58. The van der Waals surface area contributed by atoms with Gasteiger partial charge in [0.05, 0.1) is 23.6 Å². The number of piperidine rings is 1. The number of halogens is 1. The Morgan fingerprint density at radius 2 is 1.89 bits per heavy atom. The van der Waals surface area contributed by atoms with Gasteiger partial charge in [0, 0.05) is 42.1 Å². The minimum Gasteiger partial charge on any atom is -0.316 e. The second kappa shape index (κ2) is 5.13. The van der Waals surface area contributed by atoms with Crippen LogP contribution < -0.4 is 5.32 Å². The lowest BCUT2D eigenvalue weighted by molar-refractivity contribution is 0.524. The summed E-state index contributed by atoms with van der Waals surface area (Å²) in [5, 5.41) is 13.4. The number of hydrogen-bond donors (Lipinski definition) is 1. The Labute approximate surface area is 155 Å². The van der Waals surface area contributed by atoms with Gasteiger partial charge in [0.25, 0.3) is 0 Å². The average Bonchev–Trinajstić information content (AvgIpc) is 3.07. The Balaban J connectivity index is 1.46. The highest BCUT2D eigenvalue weighted by Crippen LogP contribution is 2.52. The molecule has 2 aliphatic rings. The van der Waals surface area contributed by atoms with E-state index in [-0.39, 0.29) is 5.82 Å². The van der Waals surface area contributed by atoms with Crippen molar-refractivity contribution in [2.24, 2.45) is 11.8 Å². The molecule has 0 amide bonds. The summed E-state index contributed by atoms with van der Waals surface area (Å²) in [7, 11) is 0. The standard InChI is InChI=1S/C20H19FN6/c1-10-3-17(24-27-8-11(2)23-20(10)27)12-4-13-9-26(25-18(13)16(21)5-12)19-14-6-22-7-15(14)19/h3-5,8-9,14-15,19,22H,6-7H2,1-2H3/t14-,15+,19?. The van der Waals surface area contributed by atoms with Crippen LogP contribution in [-0.2, 0) is 0 Å². The quantitative estimate of drug-likeness (QED) is 0.596. The van der Waals surface area contributed by atoms with Crippen LogP contribution in [0, 0.1) is 31.5 Å². The van der Waals surface area contributed by atoms with Crippen molar-refractivity contribution in [3.8, 4) is 11.3 Å². The van der Waals surface area contributed by atoms with Crippen LogP contribution >= 0.6 is 0 Å². The number of hydrogen-bond acceptors (Lipinski definition) is 4. The highest BCUT2D eigenvalue weighted by Gasteiger charge is 2.54. The zero-order valence-corrected chi connectivity index (χ0v) is 15.1. The molecule has 4 aromatic rings. The van der Waals surface area contributed by atoms with Gasteiger partial charge in [-0.3, -0.25) is 4.68 Å². The minimum atomic E-state index is -0.299. The van der Waals surface area contributed by atoms with E-state index >= 15 is 0 Å². The Morgan fingerprint density at radius 1 is 1.07 bits per heavy atom. The van der Waals surface area contributed by atoms with E-state index in [9.17, 15) is 4.39 Å². The van der Waals surface area contributed by atoms with Crippen molar-refractivity contribution in [2.75, 3.05) is 13.1 Å². The van der Waals surface area contributed by atoms with E-state index in [0.717, 1.165) is 46.6 Å². The van der Waals surface area contributed by atoms with E-state index in [0.29, 0.717) is 23.4 Å². The monoisotopic (exact) mass is 362 g/mol. The van der Waals surface area contributed by atoms with Crippen molar-refractivity contribution in [1.29, 1.82) is 0 Å². The molecule has 3 atom stereocenters. The second-order valence-corrected chi connectivity index (χ2v) is 7.84. The first kappa shape index (κ1) is 15.3. The first-order valence-electron chi connectivity index (χ1n) is 9.31. The van der Waals surface area contributed by atoms with Gasteiger partial charge in [0.1, 0.15) is 5.52 Å². The van der Waals surface area contributed by atoms with Crippen LogP contribution in [0.25, 0.3) is 27.8 Å². The van der Waals surface area contributed by atoms with Gasteiger partial charge in [-0.1, -0.05) is 0 Å². The summed E-state index contributed by atoms with van der Waals surface area (Å²) >= 11 is 0. The molecule has 1 saturated carbocycles. The molecule has 136 valence electrons. The summed E-state index contributed by atoms with van der Waals surface area (Å²) in [4.78, 5) is 4.48. The number of imidazole rings is 1. The number of benzene rings is 1. The molecule has 6 nitrogen and oxygen atoms in total. The molecule has 2 fully saturated rings. The van der Waals surface area contributed by atoms with E-state index in [1.54, 1.807) is 4.52 Å². The lowest BCUT2D eigenvalue weighted by atomic mass is 10.1. The lowest BCUT2D eigenvalue weighted by Crippen LogP contribution is -2.16. The highest BCUT2D eigenvalue weighted by molar-refractivity contribution is 5.84. The van der Waals surface area contributed by atoms with Crippen LogP contribution in [0.1, 0.15) is 17.3 Å². The number of nitrogens with one attached hydrogen (secondary N) is 1. The molecule has 4 heterocycles. The summed E-state index contributed by atoms with van der Waals surface area (Å²) in [6, 6.07) is 5.89. The summed E-state index contributed by atoms with van der Waals surface area (Å²) in [6.45, 7) is 6.01. The van der Waals surface area contributed by atoms with E-state index in [4.69, 9.17) is 0 Å². The molecular formula is C20H19FN6. The smallest absolute Gasteiger partial charge is 0.156 e. The van der Waals surface area contributed by atoms with Gasteiger partial charge in [-0.25, -0.2) is 13.9 Å². The second-order valence-electron chi connectivity index (χ2n) is 7.84. The largest absolute Gasteiger partial charge is 0.316 e. The molecule has 6 rings (SSSR count). The fraction of sp³-hybridized carbons (Fsp3) is 0.350. The number of nitrogens with zero attached hydrogens (tertiary/aromatic N) is 5. The van der Waals surface area contributed by atoms with Crippen molar-refractivity contribution in [1.82, 2.24) is 29.7 Å². The molecular weight excluding hydrogens is 343 g/mol. The van der Waals surface area contributed by atoms with Gasteiger partial charge in [-0.2, -0.15) is 10.2 Å². The van der Waals surface area contributed by atoms with Crippen molar-refractivity contribution in [3.63, 3.8) is 0 Å².